The molecule has 1 heterocycles. The van der Waals surface area contributed by atoms with Crippen LogP contribution in [-0.4, -0.2) is 35.0 Å². The van der Waals surface area contributed by atoms with Gasteiger partial charge in [-0.1, -0.05) is 5.21 Å². The van der Waals surface area contributed by atoms with Gasteiger partial charge in [0.1, 0.15) is 0 Å². The zero-order chi connectivity index (χ0) is 14.0. The molecule has 100 valence electrons. The van der Waals surface area contributed by atoms with E-state index >= 15 is 0 Å². The molecule has 0 atom stereocenters. The van der Waals surface area contributed by atoms with E-state index in [2.05, 4.69) is 15.6 Å². The first-order valence-corrected chi connectivity index (χ1v) is 5.94. The molecule has 1 aromatic heterocycles. The number of rotatable bonds is 3. The highest BCUT2D eigenvalue weighted by Crippen LogP contribution is 2.14. The quantitative estimate of drug-likeness (QED) is 0.906. The van der Waals surface area contributed by atoms with Crippen molar-refractivity contribution in [1.29, 1.82) is 0 Å². The summed E-state index contributed by atoms with van der Waals surface area (Å²) in [5.41, 5.74) is 2.46. The third kappa shape index (κ3) is 2.73. The van der Waals surface area contributed by atoms with Gasteiger partial charge in [0.25, 0.3) is 5.91 Å². The minimum Gasteiger partial charge on any atom is -0.378 e. The molecule has 6 heteroatoms. The summed E-state index contributed by atoms with van der Waals surface area (Å²) in [6.07, 6.45) is 0. The van der Waals surface area contributed by atoms with Crippen LogP contribution in [0.25, 0.3) is 0 Å². The molecule has 6 nitrogen and oxygen atoms in total. The lowest BCUT2D eigenvalue weighted by atomic mass is 10.2. The number of carbonyl (C=O) groups excluding carboxylic acids is 1. The Morgan fingerprint density at radius 2 is 1.89 bits per heavy atom. The van der Waals surface area contributed by atoms with Gasteiger partial charge in [0.15, 0.2) is 5.82 Å². The first-order chi connectivity index (χ1) is 8.99. The van der Waals surface area contributed by atoms with Crippen molar-refractivity contribution >= 4 is 17.4 Å². The average Bonchev–Trinajstić information content (AvgIpc) is 2.71. The molecule has 1 aromatic carbocycles. The number of hydrogen-bond donors (Lipinski definition) is 1. The molecule has 0 aliphatic carbocycles. The summed E-state index contributed by atoms with van der Waals surface area (Å²) in [5, 5.41) is 10.5. The number of anilines is 2. The van der Waals surface area contributed by atoms with E-state index in [0.717, 1.165) is 11.4 Å². The van der Waals surface area contributed by atoms with E-state index in [1.807, 2.05) is 38.1 Å². The minimum atomic E-state index is -0.186. The second kappa shape index (κ2) is 5.09. The van der Waals surface area contributed by atoms with E-state index in [1.54, 1.807) is 23.9 Å². The van der Waals surface area contributed by atoms with Crippen LogP contribution >= 0.6 is 0 Å². The Labute approximate surface area is 112 Å². The molecular weight excluding hydrogens is 242 g/mol. The van der Waals surface area contributed by atoms with E-state index in [4.69, 9.17) is 0 Å². The SMILES string of the molecule is Cc1c(NC(=O)c2ccc(N(C)C)cc2)nnn1C. The summed E-state index contributed by atoms with van der Waals surface area (Å²) in [6, 6.07) is 7.38. The van der Waals surface area contributed by atoms with Crippen molar-refractivity contribution in [2.75, 3.05) is 24.3 Å². The summed E-state index contributed by atoms with van der Waals surface area (Å²) in [5.74, 6) is 0.304. The van der Waals surface area contributed by atoms with Gasteiger partial charge in [-0.2, -0.15) is 0 Å². The van der Waals surface area contributed by atoms with Gasteiger partial charge in [0.2, 0.25) is 0 Å². The molecule has 0 saturated carbocycles. The van der Waals surface area contributed by atoms with Crippen LogP contribution in [0.15, 0.2) is 24.3 Å². The van der Waals surface area contributed by atoms with Gasteiger partial charge in [-0.25, -0.2) is 0 Å². The third-order valence-electron chi connectivity index (χ3n) is 2.98. The number of nitrogens with one attached hydrogen (secondary N) is 1. The number of aryl methyl sites for hydroxylation is 1. The fourth-order valence-electron chi connectivity index (χ4n) is 1.61. The Morgan fingerprint density at radius 3 is 2.37 bits per heavy atom. The Morgan fingerprint density at radius 1 is 1.26 bits per heavy atom. The number of aromatic nitrogens is 3. The molecule has 0 fully saturated rings. The Balaban J connectivity index is 2.14. The molecule has 0 radical (unpaired) electrons. The standard InChI is InChI=1S/C13H17N5O/c1-9-12(15-16-18(9)4)14-13(19)10-5-7-11(8-6-10)17(2)3/h5-8H,1-4H3,(H,14,19). The number of benzene rings is 1. The highest BCUT2D eigenvalue weighted by atomic mass is 16.1. The maximum atomic E-state index is 12.1. The van der Waals surface area contributed by atoms with Crippen LogP contribution < -0.4 is 10.2 Å². The van der Waals surface area contributed by atoms with Crippen LogP contribution in [0.1, 0.15) is 16.1 Å². The summed E-state index contributed by atoms with van der Waals surface area (Å²) in [6.45, 7) is 1.85. The Kier molecular flexibility index (Phi) is 3.50. The lowest BCUT2D eigenvalue weighted by molar-refractivity contribution is 0.102. The number of amides is 1. The predicted octanol–water partition coefficient (Wildman–Crippen LogP) is 1.44. The number of hydrogen-bond acceptors (Lipinski definition) is 4. The molecule has 0 spiro atoms. The first-order valence-electron chi connectivity index (χ1n) is 5.94. The summed E-state index contributed by atoms with van der Waals surface area (Å²) < 4.78 is 1.62. The topological polar surface area (TPSA) is 63.1 Å². The van der Waals surface area contributed by atoms with Crippen molar-refractivity contribution in [3.05, 3.63) is 35.5 Å². The summed E-state index contributed by atoms with van der Waals surface area (Å²) >= 11 is 0. The van der Waals surface area contributed by atoms with Gasteiger partial charge in [-0.3, -0.25) is 9.48 Å². The van der Waals surface area contributed by atoms with Crippen LogP contribution in [0, 0.1) is 6.92 Å². The summed E-state index contributed by atoms with van der Waals surface area (Å²) in [7, 11) is 5.69. The van der Waals surface area contributed by atoms with Crippen molar-refractivity contribution in [1.82, 2.24) is 15.0 Å². The van der Waals surface area contributed by atoms with Crippen molar-refractivity contribution in [3.63, 3.8) is 0 Å². The van der Waals surface area contributed by atoms with Crippen molar-refractivity contribution in [2.45, 2.75) is 6.92 Å². The summed E-state index contributed by atoms with van der Waals surface area (Å²) in [4.78, 5) is 14.0. The second-order valence-electron chi connectivity index (χ2n) is 4.54. The second-order valence-corrected chi connectivity index (χ2v) is 4.54. The van der Waals surface area contributed by atoms with Gasteiger partial charge in [-0.05, 0) is 31.2 Å². The van der Waals surface area contributed by atoms with Crippen LogP contribution in [0.2, 0.25) is 0 Å². The highest BCUT2D eigenvalue weighted by Gasteiger charge is 2.11. The number of nitrogens with zero attached hydrogens (tertiary/aromatic N) is 4. The van der Waals surface area contributed by atoms with E-state index in [9.17, 15) is 4.79 Å². The molecule has 1 amide bonds. The lowest BCUT2D eigenvalue weighted by Gasteiger charge is -2.12. The molecule has 0 saturated heterocycles. The van der Waals surface area contributed by atoms with Gasteiger partial charge >= 0.3 is 0 Å². The lowest BCUT2D eigenvalue weighted by Crippen LogP contribution is -2.14. The monoisotopic (exact) mass is 259 g/mol. The van der Waals surface area contributed by atoms with Gasteiger partial charge in [0, 0.05) is 32.4 Å². The zero-order valence-corrected chi connectivity index (χ0v) is 11.5. The Bertz CT molecular complexity index is 586. The van der Waals surface area contributed by atoms with Crippen LogP contribution in [0.3, 0.4) is 0 Å². The molecule has 0 aliphatic heterocycles. The normalized spacial score (nSPS) is 10.3. The molecule has 19 heavy (non-hydrogen) atoms. The predicted molar refractivity (Wildman–Crippen MR) is 74.5 cm³/mol. The fourth-order valence-corrected chi connectivity index (χ4v) is 1.61. The fraction of sp³-hybridized carbons (Fsp3) is 0.308. The molecule has 0 aliphatic rings. The first kappa shape index (κ1) is 13.1. The average molecular weight is 259 g/mol. The largest absolute Gasteiger partial charge is 0.378 e. The van der Waals surface area contributed by atoms with Gasteiger partial charge < -0.3 is 10.2 Å². The molecule has 0 bridgehead atoms. The van der Waals surface area contributed by atoms with E-state index < -0.39 is 0 Å². The molecule has 1 N–H and O–H groups in total. The van der Waals surface area contributed by atoms with Crippen LogP contribution in [0.4, 0.5) is 11.5 Å². The van der Waals surface area contributed by atoms with E-state index in [0.29, 0.717) is 11.4 Å². The van der Waals surface area contributed by atoms with Crippen LogP contribution in [-0.2, 0) is 7.05 Å². The highest BCUT2D eigenvalue weighted by molar-refractivity contribution is 6.04. The minimum absolute atomic E-state index is 0.186. The van der Waals surface area contributed by atoms with Crippen molar-refractivity contribution < 1.29 is 4.79 Å². The molecule has 2 rings (SSSR count). The van der Waals surface area contributed by atoms with Gasteiger partial charge in [-0.15, -0.1) is 5.10 Å². The maximum Gasteiger partial charge on any atom is 0.256 e. The van der Waals surface area contributed by atoms with E-state index in [-0.39, 0.29) is 5.91 Å². The number of carbonyl (C=O) groups is 1. The third-order valence-corrected chi connectivity index (χ3v) is 2.98. The Hall–Kier alpha value is -2.37. The maximum absolute atomic E-state index is 12.1. The molecular formula is C13H17N5O. The van der Waals surface area contributed by atoms with Crippen molar-refractivity contribution in [3.8, 4) is 0 Å². The molecule has 2 aromatic rings. The van der Waals surface area contributed by atoms with Crippen molar-refractivity contribution in [2.24, 2.45) is 7.05 Å². The van der Waals surface area contributed by atoms with Gasteiger partial charge in [0.05, 0.1) is 5.69 Å². The van der Waals surface area contributed by atoms with E-state index in [1.165, 1.54) is 0 Å². The smallest absolute Gasteiger partial charge is 0.256 e. The molecule has 0 unspecified atom stereocenters. The van der Waals surface area contributed by atoms with Crippen LogP contribution in [0.5, 0.6) is 0 Å². The zero-order valence-electron chi connectivity index (χ0n) is 11.5.